The minimum atomic E-state index is -0.160. The predicted molar refractivity (Wildman–Crippen MR) is 66.2 cm³/mol. The molecule has 0 saturated carbocycles. The fourth-order valence-corrected chi connectivity index (χ4v) is 1.83. The molecule has 0 radical (unpaired) electrons. The van der Waals surface area contributed by atoms with Crippen LogP contribution in [0, 0.1) is 5.92 Å². The van der Waals surface area contributed by atoms with Crippen molar-refractivity contribution in [3.8, 4) is 0 Å². The Hall–Kier alpha value is -0.810. The fourth-order valence-electron chi connectivity index (χ4n) is 1.22. The molecule has 16 heavy (non-hydrogen) atoms. The van der Waals surface area contributed by atoms with Gasteiger partial charge in [-0.3, -0.25) is 0 Å². The van der Waals surface area contributed by atoms with Crippen molar-refractivity contribution in [3.05, 3.63) is 18.0 Å². The number of aromatic nitrogens is 2. The zero-order chi connectivity index (χ0) is 12.1. The second kappa shape index (κ2) is 6.06. The average Bonchev–Trinajstić information content (AvgIpc) is 2.61. The zero-order valence-electron chi connectivity index (χ0n) is 10.1. The molecule has 1 atom stereocenters. The van der Waals surface area contributed by atoms with Crippen molar-refractivity contribution < 1.29 is 4.42 Å². The van der Waals surface area contributed by atoms with E-state index >= 15 is 0 Å². The van der Waals surface area contributed by atoms with E-state index in [2.05, 4.69) is 30.6 Å². The highest BCUT2D eigenvalue weighted by Gasteiger charge is 2.15. The maximum Gasteiger partial charge on any atom is 0.276 e. The summed E-state index contributed by atoms with van der Waals surface area (Å²) < 4.78 is 5.47. The monoisotopic (exact) mass is 241 g/mol. The van der Waals surface area contributed by atoms with E-state index in [4.69, 9.17) is 10.2 Å². The number of nitrogens with two attached hydrogens (primary N) is 1. The van der Waals surface area contributed by atoms with Gasteiger partial charge in [0, 0.05) is 5.75 Å². The van der Waals surface area contributed by atoms with Gasteiger partial charge in [0.05, 0.1) is 6.04 Å². The summed E-state index contributed by atoms with van der Waals surface area (Å²) in [6.45, 7) is 10.0. The lowest BCUT2D eigenvalue weighted by molar-refractivity contribution is 0.361. The molecule has 4 nitrogen and oxygen atoms in total. The first-order chi connectivity index (χ1) is 7.49. The van der Waals surface area contributed by atoms with Gasteiger partial charge in [0.2, 0.25) is 5.89 Å². The van der Waals surface area contributed by atoms with Crippen LogP contribution in [0.15, 0.2) is 21.8 Å². The minimum Gasteiger partial charge on any atom is -0.414 e. The van der Waals surface area contributed by atoms with Gasteiger partial charge in [0.25, 0.3) is 5.22 Å². The molecule has 5 heteroatoms. The Labute approximate surface area is 101 Å². The third kappa shape index (κ3) is 4.37. The third-order valence-corrected chi connectivity index (χ3v) is 2.96. The standard InChI is InChI=1S/C11H19N3OS/c1-7(2)5-9(12)10-13-14-11(15-10)16-6-8(3)4/h7,9H,3,5-6,12H2,1-2,4H3. The lowest BCUT2D eigenvalue weighted by Gasteiger charge is -2.08. The molecule has 0 aliphatic heterocycles. The van der Waals surface area contributed by atoms with Crippen molar-refractivity contribution in [2.24, 2.45) is 11.7 Å². The molecule has 0 amide bonds. The van der Waals surface area contributed by atoms with Crippen molar-refractivity contribution in [1.82, 2.24) is 10.2 Å². The number of nitrogens with zero attached hydrogens (tertiary/aromatic N) is 2. The van der Waals surface area contributed by atoms with Crippen molar-refractivity contribution in [3.63, 3.8) is 0 Å². The molecule has 0 bridgehead atoms. The minimum absolute atomic E-state index is 0.160. The van der Waals surface area contributed by atoms with Gasteiger partial charge < -0.3 is 10.2 Å². The van der Waals surface area contributed by atoms with Crippen LogP contribution < -0.4 is 5.73 Å². The molecular weight excluding hydrogens is 222 g/mol. The lowest BCUT2D eigenvalue weighted by atomic mass is 10.1. The van der Waals surface area contributed by atoms with Crippen LogP contribution in [0.1, 0.15) is 39.1 Å². The fraction of sp³-hybridized carbons (Fsp3) is 0.636. The van der Waals surface area contributed by atoms with Crippen LogP contribution in [-0.2, 0) is 0 Å². The van der Waals surface area contributed by atoms with Crippen LogP contribution in [0.25, 0.3) is 0 Å². The summed E-state index contributed by atoms with van der Waals surface area (Å²) in [5.74, 6) is 1.84. The Kier molecular flexibility index (Phi) is 5.02. The first-order valence-electron chi connectivity index (χ1n) is 5.35. The van der Waals surface area contributed by atoms with Gasteiger partial charge in [-0.05, 0) is 19.3 Å². The largest absolute Gasteiger partial charge is 0.414 e. The van der Waals surface area contributed by atoms with Gasteiger partial charge in [-0.2, -0.15) is 0 Å². The number of hydrogen-bond donors (Lipinski definition) is 1. The highest BCUT2D eigenvalue weighted by Crippen LogP contribution is 2.23. The topological polar surface area (TPSA) is 64.9 Å². The molecule has 0 aliphatic rings. The van der Waals surface area contributed by atoms with Crippen LogP contribution in [0.3, 0.4) is 0 Å². The van der Waals surface area contributed by atoms with Crippen molar-refractivity contribution in [2.45, 2.75) is 38.5 Å². The first kappa shape index (κ1) is 13.3. The van der Waals surface area contributed by atoms with Gasteiger partial charge in [0.15, 0.2) is 0 Å². The molecule has 0 fully saturated rings. The summed E-state index contributed by atoms with van der Waals surface area (Å²) in [5, 5.41) is 8.46. The lowest BCUT2D eigenvalue weighted by Crippen LogP contribution is -2.13. The Morgan fingerprint density at radius 3 is 2.75 bits per heavy atom. The maximum atomic E-state index is 5.94. The molecule has 2 N–H and O–H groups in total. The predicted octanol–water partition coefficient (Wildman–Crippen LogP) is 2.78. The Bertz CT molecular complexity index is 349. The summed E-state index contributed by atoms with van der Waals surface area (Å²) in [4.78, 5) is 0. The van der Waals surface area contributed by atoms with E-state index in [9.17, 15) is 0 Å². The van der Waals surface area contributed by atoms with Gasteiger partial charge in [-0.1, -0.05) is 37.8 Å². The molecule has 0 saturated heterocycles. The van der Waals surface area contributed by atoms with Crippen LogP contribution in [0.4, 0.5) is 0 Å². The molecule has 1 heterocycles. The first-order valence-corrected chi connectivity index (χ1v) is 6.33. The Balaban J connectivity index is 2.53. The van der Waals surface area contributed by atoms with Gasteiger partial charge in [-0.25, -0.2) is 0 Å². The normalized spacial score (nSPS) is 13.1. The molecular formula is C11H19N3OS. The van der Waals surface area contributed by atoms with Gasteiger partial charge in [-0.15, -0.1) is 10.2 Å². The van der Waals surface area contributed by atoms with E-state index < -0.39 is 0 Å². The van der Waals surface area contributed by atoms with E-state index in [0.29, 0.717) is 17.0 Å². The summed E-state index contributed by atoms with van der Waals surface area (Å²) in [7, 11) is 0. The molecule has 1 rings (SSSR count). The van der Waals surface area contributed by atoms with E-state index in [1.807, 2.05) is 6.92 Å². The summed E-state index contributed by atoms with van der Waals surface area (Å²) in [6, 6.07) is -0.160. The van der Waals surface area contributed by atoms with Crippen LogP contribution in [0.5, 0.6) is 0 Å². The van der Waals surface area contributed by atoms with E-state index in [1.165, 1.54) is 11.8 Å². The smallest absolute Gasteiger partial charge is 0.276 e. The molecule has 1 aromatic heterocycles. The molecule has 1 unspecified atom stereocenters. The van der Waals surface area contributed by atoms with Gasteiger partial charge >= 0.3 is 0 Å². The number of thioether (sulfide) groups is 1. The van der Waals surface area contributed by atoms with Crippen LogP contribution in [0.2, 0.25) is 0 Å². The van der Waals surface area contributed by atoms with Crippen molar-refractivity contribution in [2.75, 3.05) is 5.75 Å². The summed E-state index contributed by atoms with van der Waals surface area (Å²) >= 11 is 1.49. The van der Waals surface area contributed by atoms with Crippen LogP contribution in [-0.4, -0.2) is 16.0 Å². The summed E-state index contributed by atoms with van der Waals surface area (Å²) in [6.07, 6.45) is 0.854. The maximum absolute atomic E-state index is 5.94. The Morgan fingerprint density at radius 2 is 2.19 bits per heavy atom. The highest BCUT2D eigenvalue weighted by molar-refractivity contribution is 7.99. The zero-order valence-corrected chi connectivity index (χ0v) is 10.9. The molecule has 0 spiro atoms. The average molecular weight is 241 g/mol. The second-order valence-corrected chi connectivity index (χ2v) is 5.31. The highest BCUT2D eigenvalue weighted by atomic mass is 32.2. The number of rotatable bonds is 6. The van der Waals surface area contributed by atoms with E-state index in [-0.39, 0.29) is 6.04 Å². The van der Waals surface area contributed by atoms with Gasteiger partial charge in [0.1, 0.15) is 0 Å². The third-order valence-electron chi connectivity index (χ3n) is 1.91. The molecule has 0 aromatic carbocycles. The summed E-state index contributed by atoms with van der Waals surface area (Å²) in [5.41, 5.74) is 7.02. The number of hydrogen-bond acceptors (Lipinski definition) is 5. The second-order valence-electron chi connectivity index (χ2n) is 4.39. The quantitative estimate of drug-likeness (QED) is 0.613. The van der Waals surface area contributed by atoms with E-state index in [1.54, 1.807) is 0 Å². The molecule has 1 aromatic rings. The van der Waals surface area contributed by atoms with E-state index in [0.717, 1.165) is 17.7 Å². The van der Waals surface area contributed by atoms with Crippen molar-refractivity contribution in [1.29, 1.82) is 0 Å². The Morgan fingerprint density at radius 1 is 1.50 bits per heavy atom. The molecule has 0 aliphatic carbocycles. The molecule has 90 valence electrons. The van der Waals surface area contributed by atoms with Crippen LogP contribution >= 0.6 is 11.8 Å². The SMILES string of the molecule is C=C(C)CSc1nnc(C(N)CC(C)C)o1. The van der Waals surface area contributed by atoms with Crippen molar-refractivity contribution >= 4 is 11.8 Å².